The Labute approximate surface area is 187 Å². The van der Waals surface area contributed by atoms with Crippen molar-refractivity contribution in [3.05, 3.63) is 78.5 Å². The smallest absolute Gasteiger partial charge is 0.0681 e. The van der Waals surface area contributed by atoms with Crippen LogP contribution in [0.4, 0.5) is 0 Å². The monoisotopic (exact) mass is 425 g/mol. The van der Waals surface area contributed by atoms with Gasteiger partial charge in [-0.2, -0.15) is 5.10 Å². The number of aromatic nitrogens is 2. The minimum absolute atomic E-state index is 0.570. The molecule has 0 amide bonds. The number of benzene rings is 1. The number of hydrogen-bond donors (Lipinski definition) is 0. The van der Waals surface area contributed by atoms with Crippen molar-refractivity contribution in [2.24, 2.45) is 7.05 Å². The predicted molar refractivity (Wildman–Crippen MR) is 131 cm³/mol. The molecule has 0 bridgehead atoms. The second-order valence-corrected chi connectivity index (χ2v) is 7.80. The van der Waals surface area contributed by atoms with Gasteiger partial charge in [0.2, 0.25) is 0 Å². The Balaban J connectivity index is 0.00000155. The molecule has 4 heteroatoms. The largest absolute Gasteiger partial charge is 0.303 e. The van der Waals surface area contributed by atoms with Gasteiger partial charge in [-0.15, -0.1) is 11.6 Å². The predicted octanol–water partition coefficient (Wildman–Crippen LogP) is 6.59. The molecule has 0 radical (unpaired) electrons. The highest BCUT2D eigenvalue weighted by Gasteiger charge is 2.21. The quantitative estimate of drug-likeness (QED) is 0.368. The average Bonchev–Trinajstić information content (AvgIpc) is 3.01. The van der Waals surface area contributed by atoms with Gasteiger partial charge in [0.05, 0.1) is 11.4 Å². The highest BCUT2D eigenvalue weighted by molar-refractivity contribution is 6.15. The number of likely N-dealkylation sites (tertiary alicyclic amines) is 1. The lowest BCUT2D eigenvalue weighted by atomic mass is 9.96. The Morgan fingerprint density at radius 2 is 1.93 bits per heavy atom. The molecule has 1 unspecified atom stereocenters. The van der Waals surface area contributed by atoms with Gasteiger partial charge in [-0.3, -0.25) is 4.68 Å². The van der Waals surface area contributed by atoms with E-state index in [0.717, 1.165) is 19.5 Å². The number of alkyl halides is 1. The number of halogens is 1. The van der Waals surface area contributed by atoms with Gasteiger partial charge in [-0.1, -0.05) is 66.8 Å². The summed E-state index contributed by atoms with van der Waals surface area (Å²) in [4.78, 5) is 2.62. The lowest BCUT2D eigenvalue weighted by Crippen LogP contribution is -2.26. The molecule has 3 nitrogen and oxygen atoms in total. The molecular weight excluding hydrogens is 390 g/mol. The third-order valence-electron chi connectivity index (χ3n) is 5.66. The molecule has 1 aliphatic rings. The summed E-state index contributed by atoms with van der Waals surface area (Å²) in [5, 5.41) is 4.87. The zero-order valence-electron chi connectivity index (χ0n) is 18.7. The van der Waals surface area contributed by atoms with Gasteiger partial charge in [0.25, 0.3) is 0 Å². The van der Waals surface area contributed by atoms with Crippen molar-refractivity contribution in [3.63, 3.8) is 0 Å². The minimum atomic E-state index is 0.570. The Kier molecular flexibility index (Phi) is 10.7. The van der Waals surface area contributed by atoms with Gasteiger partial charge in [-0.05, 0) is 57.3 Å². The Morgan fingerprint density at radius 1 is 1.17 bits per heavy atom. The van der Waals surface area contributed by atoms with Crippen molar-refractivity contribution >= 4 is 11.6 Å². The minimum Gasteiger partial charge on any atom is -0.303 e. The van der Waals surface area contributed by atoms with Crippen LogP contribution in [0, 0.1) is 0 Å². The summed E-state index contributed by atoms with van der Waals surface area (Å²) >= 11 is 4.64. The van der Waals surface area contributed by atoms with E-state index in [1.807, 2.05) is 16.8 Å². The maximum atomic E-state index is 4.87. The van der Waals surface area contributed by atoms with Crippen LogP contribution in [0.3, 0.4) is 0 Å². The maximum absolute atomic E-state index is 4.87. The van der Waals surface area contributed by atoms with Crippen molar-refractivity contribution in [1.82, 2.24) is 14.7 Å². The number of nitrogens with zero attached hydrogens (tertiary/aromatic N) is 3. The fraction of sp³-hybridized carbons (Fsp3) is 0.423. The topological polar surface area (TPSA) is 21.1 Å². The van der Waals surface area contributed by atoms with Crippen molar-refractivity contribution in [1.29, 1.82) is 0 Å². The van der Waals surface area contributed by atoms with E-state index in [0.29, 0.717) is 5.92 Å². The van der Waals surface area contributed by atoms with E-state index in [-0.39, 0.29) is 0 Å². The zero-order chi connectivity index (χ0) is 21.8. The first kappa shape index (κ1) is 24.2. The number of aryl methyl sites for hydroxylation is 1. The first-order chi connectivity index (χ1) is 14.7. The third-order valence-corrected chi connectivity index (χ3v) is 5.66. The fourth-order valence-electron chi connectivity index (χ4n) is 3.96. The standard InChI is InChI=1S/C25H33N3.CH3Cl/c1-4-5-7-11-21(2)15-18-28-17-10-14-22(16-19-28)24-20-25(27(3)26-24)23-12-8-6-9-13-23;1-2/h4-9,11-13,20,22H,1,10,14-19H2,2-3H3;1H3/b7-5-,21-11+;. The first-order valence-corrected chi connectivity index (χ1v) is 11.6. The van der Waals surface area contributed by atoms with Crippen molar-refractivity contribution in [3.8, 4) is 11.3 Å². The summed E-state index contributed by atoms with van der Waals surface area (Å²) < 4.78 is 2.04. The van der Waals surface area contributed by atoms with E-state index >= 15 is 0 Å². The molecule has 0 N–H and O–H groups in total. The van der Waals surface area contributed by atoms with Crippen LogP contribution in [-0.4, -0.2) is 40.7 Å². The molecule has 3 rings (SSSR count). The van der Waals surface area contributed by atoms with Crippen LogP contribution >= 0.6 is 11.6 Å². The summed E-state index contributed by atoms with van der Waals surface area (Å²) in [5.41, 5.74) is 5.14. The summed E-state index contributed by atoms with van der Waals surface area (Å²) in [6, 6.07) is 12.9. The van der Waals surface area contributed by atoms with E-state index in [1.54, 1.807) is 0 Å². The first-order valence-electron chi connectivity index (χ1n) is 10.8. The van der Waals surface area contributed by atoms with E-state index in [2.05, 4.69) is 85.6 Å². The van der Waals surface area contributed by atoms with E-state index in [9.17, 15) is 0 Å². The Bertz CT molecular complexity index is 820. The molecule has 30 heavy (non-hydrogen) atoms. The lowest BCUT2D eigenvalue weighted by Gasteiger charge is -2.20. The summed E-state index contributed by atoms with van der Waals surface area (Å²) in [6.45, 7) is 9.44. The molecule has 0 spiro atoms. The second-order valence-electron chi connectivity index (χ2n) is 7.80. The molecule has 0 aliphatic carbocycles. The van der Waals surface area contributed by atoms with Gasteiger partial charge < -0.3 is 4.90 Å². The fourth-order valence-corrected chi connectivity index (χ4v) is 3.96. The van der Waals surface area contributed by atoms with E-state index in [4.69, 9.17) is 5.10 Å². The van der Waals surface area contributed by atoms with Gasteiger partial charge in [-0.25, -0.2) is 0 Å². The molecule has 0 saturated carbocycles. The molecule has 1 aromatic heterocycles. The number of allylic oxidation sites excluding steroid dienone is 4. The van der Waals surface area contributed by atoms with Gasteiger partial charge in [0.15, 0.2) is 0 Å². The van der Waals surface area contributed by atoms with Crippen molar-refractivity contribution in [2.45, 2.75) is 38.5 Å². The molecule has 1 atom stereocenters. The van der Waals surface area contributed by atoms with Crippen LogP contribution in [0.2, 0.25) is 0 Å². The summed E-state index contributed by atoms with van der Waals surface area (Å²) in [6.07, 6.45) is 14.4. The van der Waals surface area contributed by atoms with Crippen molar-refractivity contribution < 1.29 is 0 Å². The third kappa shape index (κ3) is 7.30. The molecule has 1 aromatic carbocycles. The average molecular weight is 426 g/mol. The second kappa shape index (κ2) is 13.3. The molecule has 162 valence electrons. The van der Waals surface area contributed by atoms with Crippen LogP contribution in [0.15, 0.2) is 72.9 Å². The van der Waals surface area contributed by atoms with Crippen LogP contribution in [0.5, 0.6) is 0 Å². The molecule has 2 aromatic rings. The van der Waals surface area contributed by atoms with E-state index < -0.39 is 0 Å². The highest BCUT2D eigenvalue weighted by atomic mass is 35.5. The van der Waals surface area contributed by atoms with Gasteiger partial charge in [0.1, 0.15) is 0 Å². The summed E-state index contributed by atoms with van der Waals surface area (Å²) in [5.74, 6) is 0.570. The molecular formula is C26H36ClN3. The van der Waals surface area contributed by atoms with Gasteiger partial charge >= 0.3 is 0 Å². The number of hydrogen-bond acceptors (Lipinski definition) is 2. The van der Waals surface area contributed by atoms with Crippen LogP contribution in [0.1, 0.15) is 44.2 Å². The van der Waals surface area contributed by atoms with Gasteiger partial charge in [0, 0.05) is 25.9 Å². The Morgan fingerprint density at radius 3 is 2.67 bits per heavy atom. The highest BCUT2D eigenvalue weighted by Crippen LogP contribution is 2.30. The normalized spacial score (nSPS) is 18.0. The SMILES string of the molecule is C=C/C=C\C=C(/C)CCN1CCCC(c2cc(-c3ccccc3)n(C)n2)CC1.CCl. The lowest BCUT2D eigenvalue weighted by molar-refractivity contribution is 0.287. The Hall–Kier alpha value is -2.10. The van der Waals surface area contributed by atoms with Crippen LogP contribution in [-0.2, 0) is 7.05 Å². The van der Waals surface area contributed by atoms with Crippen LogP contribution in [0.25, 0.3) is 11.3 Å². The zero-order valence-corrected chi connectivity index (χ0v) is 19.5. The molecule has 1 saturated heterocycles. The van der Waals surface area contributed by atoms with Crippen molar-refractivity contribution in [2.75, 3.05) is 26.0 Å². The van der Waals surface area contributed by atoms with E-state index in [1.165, 1.54) is 54.7 Å². The molecule has 1 aliphatic heterocycles. The van der Waals surface area contributed by atoms with Crippen LogP contribution < -0.4 is 0 Å². The molecule has 2 heterocycles. The molecule has 1 fully saturated rings. The summed E-state index contributed by atoms with van der Waals surface area (Å²) in [7, 11) is 2.06. The number of rotatable bonds is 7. The maximum Gasteiger partial charge on any atom is 0.0681 e.